The zero-order valence-corrected chi connectivity index (χ0v) is 21.1. The molecule has 2 aromatic rings. The zero-order chi connectivity index (χ0) is 24.1. The van der Waals surface area contributed by atoms with E-state index in [9.17, 15) is 4.79 Å². The molecular formula is C24H23BrN4O4S. The van der Waals surface area contributed by atoms with Gasteiger partial charge in [-0.05, 0) is 73.1 Å². The molecule has 0 bridgehead atoms. The average molecular weight is 543 g/mol. The van der Waals surface area contributed by atoms with E-state index >= 15 is 0 Å². The highest BCUT2D eigenvalue weighted by atomic mass is 79.9. The number of hydrogen-bond acceptors (Lipinski definition) is 7. The first kappa shape index (κ1) is 24.0. The van der Waals surface area contributed by atoms with E-state index in [1.54, 1.807) is 24.3 Å². The van der Waals surface area contributed by atoms with E-state index in [1.165, 1.54) is 16.8 Å². The predicted molar refractivity (Wildman–Crippen MR) is 138 cm³/mol. The number of amidine groups is 2. The number of aliphatic imine (C=N–C) groups is 1. The lowest BCUT2D eigenvalue weighted by Gasteiger charge is -2.20. The number of fused-ring (bicyclic) bond motifs is 1. The summed E-state index contributed by atoms with van der Waals surface area (Å²) < 4.78 is 18.3. The first-order chi connectivity index (χ1) is 16.5. The SMILES string of the molecule is CCOc1cc(C=C2C(=N)N3N=C(CC)SC3=NC2=O)ccc1OCCOc1ccc(Br)cc1. The number of thioether (sulfide) groups is 1. The molecule has 0 unspecified atom stereocenters. The average Bonchev–Trinajstić information content (AvgIpc) is 3.25. The maximum absolute atomic E-state index is 12.6. The van der Waals surface area contributed by atoms with Crippen molar-refractivity contribution in [2.45, 2.75) is 20.3 Å². The maximum atomic E-state index is 12.6. The van der Waals surface area contributed by atoms with Gasteiger partial charge in [0.25, 0.3) is 5.91 Å². The number of carbonyl (C=O) groups excluding carboxylic acids is 1. The predicted octanol–water partition coefficient (Wildman–Crippen LogP) is 5.33. The van der Waals surface area contributed by atoms with E-state index in [2.05, 4.69) is 26.0 Å². The van der Waals surface area contributed by atoms with Gasteiger partial charge in [0.05, 0.1) is 12.2 Å². The fraction of sp³-hybridized carbons (Fsp3) is 0.250. The molecule has 0 fully saturated rings. The van der Waals surface area contributed by atoms with E-state index in [0.717, 1.165) is 15.3 Å². The number of rotatable bonds is 9. The highest BCUT2D eigenvalue weighted by Crippen LogP contribution is 2.32. The molecule has 0 aromatic heterocycles. The molecule has 0 aliphatic carbocycles. The lowest BCUT2D eigenvalue weighted by molar-refractivity contribution is -0.114. The van der Waals surface area contributed by atoms with Gasteiger partial charge in [0.15, 0.2) is 17.3 Å². The molecule has 2 aliphatic rings. The summed E-state index contributed by atoms with van der Waals surface area (Å²) >= 11 is 4.72. The number of benzene rings is 2. The van der Waals surface area contributed by atoms with Crippen molar-refractivity contribution in [1.29, 1.82) is 5.41 Å². The van der Waals surface area contributed by atoms with Crippen molar-refractivity contribution in [2.75, 3.05) is 19.8 Å². The summed E-state index contributed by atoms with van der Waals surface area (Å²) in [6, 6.07) is 12.9. The van der Waals surface area contributed by atoms with Crippen molar-refractivity contribution < 1.29 is 19.0 Å². The van der Waals surface area contributed by atoms with Crippen LogP contribution in [0.2, 0.25) is 0 Å². The highest BCUT2D eigenvalue weighted by molar-refractivity contribution is 9.10. The molecule has 34 heavy (non-hydrogen) atoms. The maximum Gasteiger partial charge on any atom is 0.283 e. The van der Waals surface area contributed by atoms with Crippen LogP contribution in [0.5, 0.6) is 17.2 Å². The summed E-state index contributed by atoms with van der Waals surface area (Å²) in [7, 11) is 0. The molecular weight excluding hydrogens is 520 g/mol. The largest absolute Gasteiger partial charge is 0.490 e. The van der Waals surface area contributed by atoms with Crippen LogP contribution in [0.1, 0.15) is 25.8 Å². The van der Waals surface area contributed by atoms with Crippen LogP contribution in [-0.4, -0.2) is 46.8 Å². The minimum Gasteiger partial charge on any atom is -0.490 e. The minimum atomic E-state index is -0.459. The summed E-state index contributed by atoms with van der Waals surface area (Å²) in [6.07, 6.45) is 2.34. The molecule has 0 spiro atoms. The summed E-state index contributed by atoms with van der Waals surface area (Å²) in [4.78, 5) is 16.7. The number of ether oxygens (including phenoxy) is 3. The van der Waals surface area contributed by atoms with Crippen molar-refractivity contribution in [3.05, 3.63) is 58.1 Å². The summed E-state index contributed by atoms with van der Waals surface area (Å²) in [5, 5.41) is 15.5. The number of halogens is 1. The summed E-state index contributed by atoms with van der Waals surface area (Å²) in [5.74, 6) is 1.43. The second-order valence-corrected chi connectivity index (χ2v) is 9.11. The monoisotopic (exact) mass is 542 g/mol. The molecule has 1 amide bonds. The Kier molecular flexibility index (Phi) is 7.69. The third-order valence-corrected chi connectivity index (χ3v) is 6.38. The van der Waals surface area contributed by atoms with Gasteiger partial charge in [-0.25, -0.2) is 0 Å². The van der Waals surface area contributed by atoms with Gasteiger partial charge in [-0.15, -0.1) is 0 Å². The summed E-state index contributed by atoms with van der Waals surface area (Å²) in [6.45, 7) is 5.02. The molecule has 2 aliphatic heterocycles. The molecule has 0 saturated carbocycles. The van der Waals surface area contributed by atoms with Crippen LogP contribution in [0.3, 0.4) is 0 Å². The molecule has 0 radical (unpaired) electrons. The summed E-state index contributed by atoms with van der Waals surface area (Å²) in [5.41, 5.74) is 0.865. The van der Waals surface area contributed by atoms with Gasteiger partial charge in [-0.1, -0.05) is 28.9 Å². The molecule has 2 aromatic carbocycles. The Bertz CT molecular complexity index is 1190. The zero-order valence-electron chi connectivity index (χ0n) is 18.7. The standard InChI is InChI=1S/C24H23BrN4O4S/c1-3-21-28-29-22(26)18(23(30)27-24(29)34-21)13-15-5-10-19(20(14-15)31-4-2)33-12-11-32-17-8-6-16(25)7-9-17/h5-10,13-14,26H,3-4,11-12H2,1-2H3. The quantitative estimate of drug-likeness (QED) is 0.339. The number of nitrogens with zero attached hydrogens (tertiary/aromatic N) is 3. The van der Waals surface area contributed by atoms with Crippen LogP contribution in [0.25, 0.3) is 6.08 Å². The molecule has 10 heteroatoms. The first-order valence-electron chi connectivity index (χ1n) is 10.8. The smallest absolute Gasteiger partial charge is 0.283 e. The van der Waals surface area contributed by atoms with Crippen molar-refractivity contribution in [3.8, 4) is 17.2 Å². The first-order valence-corrected chi connectivity index (χ1v) is 12.4. The number of hydrogen-bond donors (Lipinski definition) is 1. The van der Waals surface area contributed by atoms with E-state index in [-0.39, 0.29) is 11.4 Å². The van der Waals surface area contributed by atoms with Gasteiger partial charge in [-0.3, -0.25) is 10.2 Å². The number of nitrogens with one attached hydrogen (secondary N) is 1. The Hall–Kier alpha value is -3.11. The lowest BCUT2D eigenvalue weighted by Crippen LogP contribution is -2.35. The second-order valence-electron chi connectivity index (χ2n) is 7.16. The third-order valence-electron chi connectivity index (χ3n) is 4.80. The van der Waals surface area contributed by atoms with Gasteiger partial charge >= 0.3 is 0 Å². The second kappa shape index (κ2) is 10.9. The van der Waals surface area contributed by atoms with Gasteiger partial charge in [0.1, 0.15) is 24.0 Å². The molecule has 2 heterocycles. The van der Waals surface area contributed by atoms with Crippen molar-refractivity contribution in [1.82, 2.24) is 5.01 Å². The van der Waals surface area contributed by atoms with Crippen LogP contribution in [0.4, 0.5) is 0 Å². The van der Waals surface area contributed by atoms with Crippen LogP contribution < -0.4 is 14.2 Å². The van der Waals surface area contributed by atoms with Crippen LogP contribution in [-0.2, 0) is 4.79 Å². The van der Waals surface area contributed by atoms with Crippen LogP contribution >= 0.6 is 27.7 Å². The molecule has 0 saturated heterocycles. The van der Waals surface area contributed by atoms with Crippen molar-refractivity contribution in [3.63, 3.8) is 0 Å². The normalized spacial score (nSPS) is 16.3. The number of hydrazone groups is 1. The Morgan fingerprint density at radius 2 is 1.82 bits per heavy atom. The van der Waals surface area contributed by atoms with E-state index < -0.39 is 5.91 Å². The van der Waals surface area contributed by atoms with Crippen molar-refractivity contribution >= 4 is 55.7 Å². The number of carbonyl (C=O) groups is 1. The van der Waals surface area contributed by atoms with E-state index in [1.807, 2.05) is 38.1 Å². The van der Waals surface area contributed by atoms with E-state index in [0.29, 0.717) is 48.5 Å². The Balaban J connectivity index is 1.46. The van der Waals surface area contributed by atoms with E-state index in [4.69, 9.17) is 19.6 Å². The fourth-order valence-corrected chi connectivity index (χ4v) is 4.27. The van der Waals surface area contributed by atoms with Gasteiger partial charge < -0.3 is 14.2 Å². The minimum absolute atomic E-state index is 0.00864. The van der Waals surface area contributed by atoms with Crippen molar-refractivity contribution in [2.24, 2.45) is 10.1 Å². The molecule has 0 atom stereocenters. The van der Waals surface area contributed by atoms with Crippen LogP contribution in [0.15, 0.2) is 62.6 Å². The molecule has 176 valence electrons. The molecule has 1 N–H and O–H groups in total. The Morgan fingerprint density at radius 1 is 1.06 bits per heavy atom. The lowest BCUT2D eigenvalue weighted by atomic mass is 10.1. The Labute approximate surface area is 210 Å². The van der Waals surface area contributed by atoms with Crippen LogP contribution in [0, 0.1) is 5.41 Å². The van der Waals surface area contributed by atoms with Gasteiger partial charge in [0, 0.05) is 4.47 Å². The third kappa shape index (κ3) is 5.51. The molecule has 4 rings (SSSR count). The van der Waals surface area contributed by atoms with Gasteiger partial charge in [0.2, 0.25) is 5.17 Å². The molecule has 8 nitrogen and oxygen atoms in total. The number of amides is 1. The Morgan fingerprint density at radius 3 is 2.56 bits per heavy atom. The fourth-order valence-electron chi connectivity index (χ4n) is 3.19. The highest BCUT2D eigenvalue weighted by Gasteiger charge is 2.35. The topological polar surface area (TPSA) is 96.6 Å². The van der Waals surface area contributed by atoms with Gasteiger partial charge in [-0.2, -0.15) is 15.1 Å².